The third kappa shape index (κ3) is 6.89. The van der Waals surface area contributed by atoms with E-state index in [4.69, 9.17) is 0 Å². The van der Waals surface area contributed by atoms with Gasteiger partial charge >= 0.3 is 0 Å². The van der Waals surface area contributed by atoms with Crippen LogP contribution in [0, 0.1) is 0 Å². The molecule has 0 aliphatic carbocycles. The molecular formula is C26H29IN6. The summed E-state index contributed by atoms with van der Waals surface area (Å²) in [6, 6.07) is 31.3. The fourth-order valence-electron chi connectivity index (χ4n) is 3.72. The van der Waals surface area contributed by atoms with Gasteiger partial charge < -0.3 is 10.6 Å². The molecule has 170 valence electrons. The second kappa shape index (κ2) is 12.7. The van der Waals surface area contributed by atoms with Crippen LogP contribution < -0.4 is 10.6 Å². The summed E-state index contributed by atoms with van der Waals surface area (Å²) >= 11 is 0. The predicted octanol–water partition coefficient (Wildman–Crippen LogP) is 4.58. The van der Waals surface area contributed by atoms with Crippen LogP contribution in [0.2, 0.25) is 0 Å². The third-order valence-corrected chi connectivity index (χ3v) is 5.40. The van der Waals surface area contributed by atoms with Gasteiger partial charge in [0.05, 0.1) is 6.54 Å². The average Bonchev–Trinajstić information content (AvgIpc) is 3.34. The van der Waals surface area contributed by atoms with E-state index in [1.165, 1.54) is 11.1 Å². The van der Waals surface area contributed by atoms with Gasteiger partial charge in [0.2, 0.25) is 0 Å². The van der Waals surface area contributed by atoms with E-state index in [9.17, 15) is 0 Å². The van der Waals surface area contributed by atoms with E-state index in [0.717, 1.165) is 30.4 Å². The molecular weight excluding hydrogens is 523 g/mol. The van der Waals surface area contributed by atoms with Gasteiger partial charge in [-0.15, -0.1) is 34.2 Å². The Morgan fingerprint density at radius 2 is 1.52 bits per heavy atom. The van der Waals surface area contributed by atoms with Gasteiger partial charge in [0.15, 0.2) is 11.8 Å². The van der Waals surface area contributed by atoms with Gasteiger partial charge in [0.1, 0.15) is 6.33 Å². The van der Waals surface area contributed by atoms with Crippen LogP contribution in [0.1, 0.15) is 22.9 Å². The number of halogens is 1. The number of rotatable bonds is 8. The minimum atomic E-state index is 0. The molecule has 1 heterocycles. The molecule has 4 rings (SSSR count). The molecule has 0 spiro atoms. The number of aromatic nitrogens is 3. The van der Waals surface area contributed by atoms with Crippen molar-refractivity contribution in [3.63, 3.8) is 0 Å². The fourth-order valence-corrected chi connectivity index (χ4v) is 3.72. The molecule has 1 aromatic heterocycles. The molecule has 2 N–H and O–H groups in total. The Hall–Kier alpha value is -3.20. The van der Waals surface area contributed by atoms with Crippen LogP contribution in [0.3, 0.4) is 0 Å². The van der Waals surface area contributed by atoms with Gasteiger partial charge in [-0.2, -0.15) is 0 Å². The van der Waals surface area contributed by atoms with Gasteiger partial charge in [0.25, 0.3) is 0 Å². The summed E-state index contributed by atoms with van der Waals surface area (Å²) < 4.78 is 1.97. The Labute approximate surface area is 212 Å². The SMILES string of the molecule is CN=C(NCc1nncn1-c1ccccc1)NCC(Cc1ccccc1)c1ccccc1.I. The lowest BCUT2D eigenvalue weighted by atomic mass is 9.92. The van der Waals surface area contributed by atoms with E-state index in [2.05, 4.69) is 86.5 Å². The van der Waals surface area contributed by atoms with Crippen LogP contribution in [-0.4, -0.2) is 34.3 Å². The predicted molar refractivity (Wildman–Crippen MR) is 144 cm³/mol. The Morgan fingerprint density at radius 3 is 2.18 bits per heavy atom. The first-order valence-electron chi connectivity index (χ1n) is 10.8. The van der Waals surface area contributed by atoms with Crippen LogP contribution in [0.15, 0.2) is 102 Å². The molecule has 0 bridgehead atoms. The summed E-state index contributed by atoms with van der Waals surface area (Å²) in [4.78, 5) is 4.40. The summed E-state index contributed by atoms with van der Waals surface area (Å²) in [5.74, 6) is 1.88. The highest BCUT2D eigenvalue weighted by Gasteiger charge is 2.14. The number of para-hydroxylation sites is 1. The lowest BCUT2D eigenvalue weighted by Gasteiger charge is -2.20. The highest BCUT2D eigenvalue weighted by Crippen LogP contribution is 2.20. The number of aliphatic imine (C=N–C) groups is 1. The minimum Gasteiger partial charge on any atom is -0.356 e. The number of hydrogen-bond donors (Lipinski definition) is 2. The Morgan fingerprint density at radius 1 is 0.879 bits per heavy atom. The Balaban J connectivity index is 0.00000306. The van der Waals surface area contributed by atoms with Crippen LogP contribution in [0.4, 0.5) is 0 Å². The van der Waals surface area contributed by atoms with E-state index in [1.54, 1.807) is 13.4 Å². The molecule has 6 nitrogen and oxygen atoms in total. The van der Waals surface area contributed by atoms with E-state index >= 15 is 0 Å². The first kappa shape index (κ1) is 24.4. The van der Waals surface area contributed by atoms with Crippen molar-refractivity contribution in [3.8, 4) is 5.69 Å². The molecule has 1 atom stereocenters. The molecule has 0 fully saturated rings. The first-order chi connectivity index (χ1) is 15.8. The van der Waals surface area contributed by atoms with E-state index in [0.29, 0.717) is 12.5 Å². The van der Waals surface area contributed by atoms with Crippen LogP contribution in [-0.2, 0) is 13.0 Å². The highest BCUT2D eigenvalue weighted by atomic mass is 127. The molecule has 0 saturated heterocycles. The number of benzene rings is 3. The summed E-state index contributed by atoms with van der Waals surface area (Å²) in [6.45, 7) is 1.28. The molecule has 3 aromatic carbocycles. The summed E-state index contributed by atoms with van der Waals surface area (Å²) in [5.41, 5.74) is 3.66. The molecule has 0 amide bonds. The van der Waals surface area contributed by atoms with Crippen molar-refractivity contribution in [3.05, 3.63) is 114 Å². The zero-order chi connectivity index (χ0) is 22.0. The van der Waals surface area contributed by atoms with Gasteiger partial charge in [0, 0.05) is 25.2 Å². The number of hydrogen-bond acceptors (Lipinski definition) is 3. The minimum absolute atomic E-state index is 0. The maximum absolute atomic E-state index is 4.40. The molecule has 0 radical (unpaired) electrons. The van der Waals surface area contributed by atoms with Crippen molar-refractivity contribution >= 4 is 29.9 Å². The molecule has 4 aromatic rings. The first-order valence-corrected chi connectivity index (χ1v) is 10.8. The summed E-state index contributed by atoms with van der Waals surface area (Å²) in [5, 5.41) is 15.2. The summed E-state index contributed by atoms with van der Waals surface area (Å²) in [7, 11) is 1.78. The normalized spacial score (nSPS) is 12.0. The highest BCUT2D eigenvalue weighted by molar-refractivity contribution is 14.0. The van der Waals surface area contributed by atoms with E-state index < -0.39 is 0 Å². The van der Waals surface area contributed by atoms with Crippen molar-refractivity contribution in [2.45, 2.75) is 18.9 Å². The maximum Gasteiger partial charge on any atom is 0.191 e. The van der Waals surface area contributed by atoms with E-state index in [-0.39, 0.29) is 24.0 Å². The van der Waals surface area contributed by atoms with Crippen LogP contribution >= 0.6 is 24.0 Å². The monoisotopic (exact) mass is 552 g/mol. The lowest BCUT2D eigenvalue weighted by Crippen LogP contribution is -2.39. The van der Waals surface area contributed by atoms with E-state index in [1.807, 2.05) is 34.9 Å². The van der Waals surface area contributed by atoms with Crippen LogP contribution in [0.5, 0.6) is 0 Å². The van der Waals surface area contributed by atoms with Crippen LogP contribution in [0.25, 0.3) is 5.69 Å². The number of guanidine groups is 1. The molecule has 0 aliphatic heterocycles. The Bertz CT molecular complexity index is 1110. The average molecular weight is 552 g/mol. The molecule has 1 unspecified atom stereocenters. The van der Waals surface area contributed by atoms with Gasteiger partial charge in [-0.05, 0) is 29.7 Å². The van der Waals surface area contributed by atoms with Crippen molar-refractivity contribution in [2.24, 2.45) is 4.99 Å². The van der Waals surface area contributed by atoms with Crippen molar-refractivity contribution < 1.29 is 0 Å². The van der Waals surface area contributed by atoms with Gasteiger partial charge in [-0.1, -0.05) is 78.9 Å². The lowest BCUT2D eigenvalue weighted by molar-refractivity contribution is 0.641. The van der Waals surface area contributed by atoms with Gasteiger partial charge in [-0.3, -0.25) is 9.56 Å². The fraction of sp³-hybridized carbons (Fsp3) is 0.192. The van der Waals surface area contributed by atoms with Crippen molar-refractivity contribution in [1.29, 1.82) is 0 Å². The Kier molecular flexibility index (Phi) is 9.44. The van der Waals surface area contributed by atoms with Crippen molar-refractivity contribution in [1.82, 2.24) is 25.4 Å². The van der Waals surface area contributed by atoms with Crippen molar-refractivity contribution in [2.75, 3.05) is 13.6 Å². The topological polar surface area (TPSA) is 67.1 Å². The standard InChI is InChI=1S/C26H28N6.HI/c1-27-26(29-19-25-31-30-20-32(25)24-15-9-4-10-16-24)28-18-23(22-13-7-3-8-14-22)17-21-11-5-2-6-12-21;/h2-16,20,23H,17-19H2,1H3,(H2,27,28,29);1H. The smallest absolute Gasteiger partial charge is 0.191 e. The maximum atomic E-state index is 4.40. The number of nitrogens with zero attached hydrogens (tertiary/aromatic N) is 4. The second-order valence-corrected chi connectivity index (χ2v) is 7.56. The molecule has 7 heteroatoms. The second-order valence-electron chi connectivity index (χ2n) is 7.56. The largest absolute Gasteiger partial charge is 0.356 e. The quantitative estimate of drug-likeness (QED) is 0.191. The molecule has 0 aliphatic rings. The zero-order valence-electron chi connectivity index (χ0n) is 18.6. The number of nitrogens with one attached hydrogen (secondary N) is 2. The zero-order valence-corrected chi connectivity index (χ0v) is 21.0. The summed E-state index contributed by atoms with van der Waals surface area (Å²) in [6.07, 6.45) is 2.69. The molecule has 33 heavy (non-hydrogen) atoms. The third-order valence-electron chi connectivity index (χ3n) is 5.40. The van der Waals surface area contributed by atoms with Gasteiger partial charge in [-0.25, -0.2) is 0 Å². The molecule has 0 saturated carbocycles.